The van der Waals surface area contributed by atoms with Crippen LogP contribution in [0.3, 0.4) is 0 Å². The molecule has 5 nitrogen and oxygen atoms in total. The molecule has 0 aromatic carbocycles. The second-order valence-corrected chi connectivity index (χ2v) is 7.30. The molecular formula is C14H18BrN5. The molecular weight excluding hydrogens is 318 g/mol. The summed E-state index contributed by atoms with van der Waals surface area (Å²) in [6, 6.07) is 0. The third-order valence-electron chi connectivity index (χ3n) is 4.94. The fourth-order valence-corrected chi connectivity index (χ4v) is 4.36. The van der Waals surface area contributed by atoms with Crippen molar-refractivity contribution in [2.75, 3.05) is 18.0 Å². The largest absolute Gasteiger partial charge is 0.341 e. The lowest BCUT2D eigenvalue weighted by Gasteiger charge is -2.24. The number of hydrogen-bond donors (Lipinski definition) is 0. The van der Waals surface area contributed by atoms with Gasteiger partial charge in [-0.15, -0.1) is 10.2 Å². The topological polar surface area (TPSA) is 46.3 Å². The van der Waals surface area contributed by atoms with E-state index in [2.05, 4.69) is 42.9 Å². The zero-order valence-electron chi connectivity index (χ0n) is 11.6. The number of rotatable bonds is 1. The minimum Gasteiger partial charge on any atom is -0.341 e. The predicted molar refractivity (Wildman–Crippen MR) is 80.8 cm³/mol. The fraction of sp³-hybridized carbons (Fsp3) is 0.643. The number of nitrogens with zero attached hydrogens (tertiary/aromatic N) is 5. The standard InChI is InChI=1S/C14H18BrN5/c1-10-2-3-14(6-10)4-5-19(8-14)13-16-7-11(15)12-18-17-9-20(12)13/h7,9-10H,2-6,8H2,1H3/t10-,14?/m1/s1. The number of hydrogen-bond acceptors (Lipinski definition) is 4. The Morgan fingerprint density at radius 1 is 1.40 bits per heavy atom. The van der Waals surface area contributed by atoms with Crippen molar-refractivity contribution in [3.8, 4) is 0 Å². The van der Waals surface area contributed by atoms with Crippen molar-refractivity contribution >= 4 is 27.5 Å². The lowest BCUT2D eigenvalue weighted by Crippen LogP contribution is -2.27. The molecule has 4 rings (SSSR count). The van der Waals surface area contributed by atoms with E-state index in [1.54, 1.807) is 6.33 Å². The minimum absolute atomic E-state index is 0.522. The van der Waals surface area contributed by atoms with Crippen LogP contribution >= 0.6 is 15.9 Å². The van der Waals surface area contributed by atoms with Crippen molar-refractivity contribution in [2.45, 2.75) is 32.6 Å². The summed E-state index contributed by atoms with van der Waals surface area (Å²) in [5.41, 5.74) is 1.37. The second kappa shape index (κ2) is 4.41. The van der Waals surface area contributed by atoms with Gasteiger partial charge >= 0.3 is 0 Å². The Balaban J connectivity index is 1.68. The van der Waals surface area contributed by atoms with Gasteiger partial charge in [0.1, 0.15) is 6.33 Å². The van der Waals surface area contributed by atoms with Crippen molar-refractivity contribution in [2.24, 2.45) is 11.3 Å². The number of aromatic nitrogens is 4. The van der Waals surface area contributed by atoms with Gasteiger partial charge < -0.3 is 4.90 Å². The average Bonchev–Trinajstić information content (AvgIpc) is 3.12. The summed E-state index contributed by atoms with van der Waals surface area (Å²) in [6.07, 6.45) is 8.99. The Labute approximate surface area is 126 Å². The molecule has 0 radical (unpaired) electrons. The first-order chi connectivity index (χ1) is 9.67. The van der Waals surface area contributed by atoms with Crippen LogP contribution in [0.25, 0.3) is 5.65 Å². The van der Waals surface area contributed by atoms with E-state index in [4.69, 9.17) is 0 Å². The molecule has 1 aliphatic heterocycles. The van der Waals surface area contributed by atoms with Crippen molar-refractivity contribution < 1.29 is 0 Å². The fourth-order valence-electron chi connectivity index (χ4n) is 3.98. The van der Waals surface area contributed by atoms with Crippen LogP contribution in [0.2, 0.25) is 0 Å². The summed E-state index contributed by atoms with van der Waals surface area (Å²) >= 11 is 3.48. The van der Waals surface area contributed by atoms with Crippen molar-refractivity contribution in [3.05, 3.63) is 17.0 Å². The zero-order chi connectivity index (χ0) is 13.7. The predicted octanol–water partition coefficient (Wildman–Crippen LogP) is 2.90. The van der Waals surface area contributed by atoms with E-state index in [-0.39, 0.29) is 0 Å². The average molecular weight is 336 g/mol. The summed E-state index contributed by atoms with van der Waals surface area (Å²) in [6.45, 7) is 4.60. The molecule has 1 saturated heterocycles. The molecule has 20 heavy (non-hydrogen) atoms. The van der Waals surface area contributed by atoms with E-state index in [1.807, 2.05) is 10.6 Å². The summed E-state index contributed by atoms with van der Waals surface area (Å²) in [5, 5.41) is 8.16. The van der Waals surface area contributed by atoms with Crippen LogP contribution in [-0.2, 0) is 0 Å². The lowest BCUT2D eigenvalue weighted by molar-refractivity contribution is 0.327. The Bertz CT molecular complexity index is 654. The minimum atomic E-state index is 0.522. The molecule has 1 unspecified atom stereocenters. The second-order valence-electron chi connectivity index (χ2n) is 6.45. The van der Waals surface area contributed by atoms with E-state index in [9.17, 15) is 0 Å². The van der Waals surface area contributed by atoms with Crippen molar-refractivity contribution in [3.63, 3.8) is 0 Å². The van der Waals surface area contributed by atoms with Gasteiger partial charge in [-0.3, -0.25) is 0 Å². The molecule has 1 spiro atoms. The maximum atomic E-state index is 4.60. The van der Waals surface area contributed by atoms with Crippen LogP contribution in [-0.4, -0.2) is 32.7 Å². The summed E-state index contributed by atoms with van der Waals surface area (Å²) in [5.74, 6) is 1.85. The van der Waals surface area contributed by atoms with Crippen LogP contribution in [0.5, 0.6) is 0 Å². The highest BCUT2D eigenvalue weighted by Crippen LogP contribution is 2.48. The molecule has 0 amide bonds. The number of fused-ring (bicyclic) bond motifs is 1. The van der Waals surface area contributed by atoms with E-state index in [1.165, 1.54) is 25.7 Å². The van der Waals surface area contributed by atoms with Gasteiger partial charge in [0, 0.05) is 19.3 Å². The molecule has 2 atom stereocenters. The highest BCUT2D eigenvalue weighted by molar-refractivity contribution is 9.10. The van der Waals surface area contributed by atoms with Gasteiger partial charge in [-0.05, 0) is 46.5 Å². The van der Waals surface area contributed by atoms with E-state index < -0.39 is 0 Å². The van der Waals surface area contributed by atoms with Crippen molar-refractivity contribution in [1.29, 1.82) is 0 Å². The van der Waals surface area contributed by atoms with Crippen LogP contribution in [0.1, 0.15) is 32.6 Å². The Morgan fingerprint density at radius 2 is 2.30 bits per heavy atom. The van der Waals surface area contributed by atoms with Gasteiger partial charge in [-0.1, -0.05) is 13.3 Å². The monoisotopic (exact) mass is 335 g/mol. The van der Waals surface area contributed by atoms with Crippen LogP contribution in [0.4, 0.5) is 5.95 Å². The van der Waals surface area contributed by atoms with Gasteiger partial charge in [0.05, 0.1) is 4.47 Å². The van der Waals surface area contributed by atoms with Gasteiger partial charge in [0.25, 0.3) is 0 Å². The van der Waals surface area contributed by atoms with Crippen LogP contribution in [0.15, 0.2) is 17.0 Å². The van der Waals surface area contributed by atoms with Crippen molar-refractivity contribution in [1.82, 2.24) is 19.6 Å². The quantitative estimate of drug-likeness (QED) is 0.803. The highest BCUT2D eigenvalue weighted by Gasteiger charge is 2.43. The van der Waals surface area contributed by atoms with Gasteiger partial charge in [-0.2, -0.15) is 0 Å². The van der Waals surface area contributed by atoms with Crippen LogP contribution in [0, 0.1) is 11.3 Å². The SMILES string of the molecule is C[C@@H]1CCC2(CCN(c3ncc(Br)c4nncn34)C2)C1. The molecule has 6 heteroatoms. The smallest absolute Gasteiger partial charge is 0.212 e. The lowest BCUT2D eigenvalue weighted by atomic mass is 9.85. The Morgan fingerprint density at radius 3 is 3.10 bits per heavy atom. The first-order valence-corrected chi connectivity index (χ1v) is 8.05. The molecule has 0 bridgehead atoms. The zero-order valence-corrected chi connectivity index (χ0v) is 13.2. The Hall–Kier alpha value is -1.17. The molecule has 1 saturated carbocycles. The van der Waals surface area contributed by atoms with Gasteiger partial charge in [0.2, 0.25) is 5.95 Å². The summed E-state index contributed by atoms with van der Waals surface area (Å²) in [7, 11) is 0. The maximum absolute atomic E-state index is 4.60. The maximum Gasteiger partial charge on any atom is 0.212 e. The third-order valence-corrected chi connectivity index (χ3v) is 5.50. The number of anilines is 1. The van der Waals surface area contributed by atoms with Gasteiger partial charge in [-0.25, -0.2) is 9.38 Å². The van der Waals surface area contributed by atoms with Gasteiger partial charge in [0.15, 0.2) is 5.65 Å². The number of halogens is 1. The third kappa shape index (κ3) is 1.84. The normalized spacial score (nSPS) is 29.9. The first-order valence-electron chi connectivity index (χ1n) is 7.26. The molecule has 2 aromatic rings. The van der Waals surface area contributed by atoms with E-state index >= 15 is 0 Å². The molecule has 3 heterocycles. The summed E-state index contributed by atoms with van der Waals surface area (Å²) in [4.78, 5) is 7.00. The van der Waals surface area contributed by atoms with E-state index in [0.717, 1.165) is 35.1 Å². The molecule has 0 N–H and O–H groups in total. The Kier molecular flexibility index (Phi) is 2.77. The summed E-state index contributed by atoms with van der Waals surface area (Å²) < 4.78 is 2.88. The first kappa shape index (κ1) is 12.6. The van der Waals surface area contributed by atoms with E-state index in [0.29, 0.717) is 5.41 Å². The highest BCUT2D eigenvalue weighted by atomic mass is 79.9. The molecule has 106 valence electrons. The molecule has 2 fully saturated rings. The van der Waals surface area contributed by atoms with Crippen LogP contribution < -0.4 is 4.90 Å². The molecule has 1 aliphatic carbocycles. The molecule has 2 aliphatic rings. The molecule has 2 aromatic heterocycles.